The van der Waals surface area contributed by atoms with Crippen molar-refractivity contribution in [3.8, 4) is 0 Å². The van der Waals surface area contributed by atoms with Crippen LogP contribution in [0.15, 0.2) is 42.9 Å². The topological polar surface area (TPSA) is 56.1 Å². The Balaban J connectivity index is 1.78. The predicted octanol–water partition coefficient (Wildman–Crippen LogP) is 3.19. The van der Waals surface area contributed by atoms with Crippen molar-refractivity contribution in [2.45, 2.75) is 45.8 Å². The van der Waals surface area contributed by atoms with Gasteiger partial charge in [0.05, 0.1) is 6.33 Å². The lowest BCUT2D eigenvalue weighted by atomic mass is 10.1. The fraction of sp³-hybridized carbons (Fsp3) is 0.444. The van der Waals surface area contributed by atoms with Gasteiger partial charge >= 0.3 is 6.09 Å². The fourth-order valence-electron chi connectivity index (χ4n) is 2.26. The highest BCUT2D eigenvalue weighted by atomic mass is 16.6. The van der Waals surface area contributed by atoms with Crippen LogP contribution in [0.5, 0.6) is 0 Å². The maximum atomic E-state index is 11.6. The number of carbonyl (C=O) groups is 1. The zero-order chi connectivity index (χ0) is 16.7. The summed E-state index contributed by atoms with van der Waals surface area (Å²) >= 11 is 0. The van der Waals surface area contributed by atoms with Gasteiger partial charge < -0.3 is 14.6 Å². The molecule has 1 aromatic carbocycles. The normalized spacial score (nSPS) is 11.3. The van der Waals surface area contributed by atoms with Crippen molar-refractivity contribution in [1.29, 1.82) is 0 Å². The molecule has 2 aromatic rings. The minimum absolute atomic E-state index is 0.382. The molecule has 124 valence electrons. The number of aromatic nitrogens is 2. The van der Waals surface area contributed by atoms with E-state index in [0.717, 1.165) is 25.1 Å². The van der Waals surface area contributed by atoms with Crippen LogP contribution in [0.1, 0.15) is 32.0 Å². The molecule has 23 heavy (non-hydrogen) atoms. The van der Waals surface area contributed by atoms with Gasteiger partial charge in [-0.05, 0) is 32.8 Å². The molecule has 0 radical (unpaired) electrons. The molecule has 0 saturated carbocycles. The van der Waals surface area contributed by atoms with Crippen molar-refractivity contribution in [2.24, 2.45) is 0 Å². The second kappa shape index (κ2) is 7.81. The zero-order valence-electron chi connectivity index (χ0n) is 14.1. The molecule has 1 heterocycles. The summed E-state index contributed by atoms with van der Waals surface area (Å²) in [6, 6.07) is 10.4. The number of carbonyl (C=O) groups excluding carboxylic acids is 1. The van der Waals surface area contributed by atoms with E-state index in [1.54, 1.807) is 0 Å². The Morgan fingerprint density at radius 1 is 1.22 bits per heavy atom. The quantitative estimate of drug-likeness (QED) is 0.890. The third kappa shape index (κ3) is 6.14. The van der Waals surface area contributed by atoms with Crippen LogP contribution < -0.4 is 5.32 Å². The summed E-state index contributed by atoms with van der Waals surface area (Å²) < 4.78 is 7.35. The standard InChI is InChI=1S/C18H25N3O2/c1-18(2,3)23-17(22)20-11-9-16-13-19-14-21(16)12-10-15-7-5-4-6-8-15/h4-8,13-14H,9-12H2,1-3H3,(H,20,22). The van der Waals surface area contributed by atoms with Gasteiger partial charge in [-0.3, -0.25) is 0 Å². The van der Waals surface area contributed by atoms with E-state index in [9.17, 15) is 4.79 Å². The number of hydrogen-bond donors (Lipinski definition) is 1. The molecule has 0 aliphatic heterocycles. The Morgan fingerprint density at radius 2 is 1.96 bits per heavy atom. The van der Waals surface area contributed by atoms with E-state index in [1.807, 2.05) is 39.4 Å². The smallest absolute Gasteiger partial charge is 0.407 e. The molecule has 0 fully saturated rings. The van der Waals surface area contributed by atoms with Crippen LogP contribution in [0.2, 0.25) is 0 Å². The van der Waals surface area contributed by atoms with Crippen LogP contribution in [0, 0.1) is 0 Å². The van der Waals surface area contributed by atoms with Gasteiger partial charge in [-0.15, -0.1) is 0 Å². The number of alkyl carbamates (subject to hydrolysis) is 1. The number of nitrogens with one attached hydrogen (secondary N) is 1. The van der Waals surface area contributed by atoms with Gasteiger partial charge in [-0.1, -0.05) is 30.3 Å². The predicted molar refractivity (Wildman–Crippen MR) is 90.3 cm³/mol. The van der Waals surface area contributed by atoms with Crippen LogP contribution >= 0.6 is 0 Å². The maximum Gasteiger partial charge on any atom is 0.407 e. The van der Waals surface area contributed by atoms with Crippen molar-refractivity contribution in [2.75, 3.05) is 6.54 Å². The van der Waals surface area contributed by atoms with Gasteiger partial charge in [0.15, 0.2) is 0 Å². The van der Waals surface area contributed by atoms with Gasteiger partial charge in [0.2, 0.25) is 0 Å². The van der Waals surface area contributed by atoms with Gasteiger partial charge in [-0.25, -0.2) is 9.78 Å². The highest BCUT2D eigenvalue weighted by Gasteiger charge is 2.15. The van der Waals surface area contributed by atoms with Gasteiger partial charge in [0.25, 0.3) is 0 Å². The summed E-state index contributed by atoms with van der Waals surface area (Å²) in [7, 11) is 0. The molecular formula is C18H25N3O2. The summed E-state index contributed by atoms with van der Waals surface area (Å²) in [5.41, 5.74) is 1.94. The van der Waals surface area contributed by atoms with E-state index >= 15 is 0 Å². The first kappa shape index (κ1) is 17.1. The Kier molecular flexibility index (Phi) is 5.79. The molecule has 0 unspecified atom stereocenters. The first-order valence-corrected chi connectivity index (χ1v) is 7.94. The summed E-state index contributed by atoms with van der Waals surface area (Å²) in [5, 5.41) is 2.78. The molecule has 5 heteroatoms. The van der Waals surface area contributed by atoms with Gasteiger partial charge in [0, 0.05) is 31.4 Å². The lowest BCUT2D eigenvalue weighted by Crippen LogP contribution is -2.33. The summed E-state index contributed by atoms with van der Waals surface area (Å²) in [6.45, 7) is 6.97. The van der Waals surface area contributed by atoms with Crippen LogP contribution in [-0.2, 0) is 24.1 Å². The zero-order valence-corrected chi connectivity index (χ0v) is 14.1. The molecule has 0 aliphatic rings. The molecule has 0 spiro atoms. The van der Waals surface area contributed by atoms with Crippen molar-refractivity contribution in [3.63, 3.8) is 0 Å². The number of benzene rings is 1. The van der Waals surface area contributed by atoms with E-state index in [0.29, 0.717) is 6.54 Å². The second-order valence-corrected chi connectivity index (χ2v) is 6.49. The minimum atomic E-state index is -0.471. The van der Waals surface area contributed by atoms with Crippen LogP contribution in [0.3, 0.4) is 0 Å². The highest BCUT2D eigenvalue weighted by Crippen LogP contribution is 2.07. The number of amides is 1. The van der Waals surface area contributed by atoms with E-state index in [-0.39, 0.29) is 6.09 Å². The Hall–Kier alpha value is -2.30. The largest absolute Gasteiger partial charge is 0.444 e. The molecule has 2 rings (SSSR count). The number of imidazole rings is 1. The van der Waals surface area contributed by atoms with Crippen LogP contribution in [0.4, 0.5) is 4.79 Å². The average molecular weight is 315 g/mol. The third-order valence-corrected chi connectivity index (χ3v) is 3.33. The second-order valence-electron chi connectivity index (χ2n) is 6.49. The molecular weight excluding hydrogens is 290 g/mol. The van der Waals surface area contributed by atoms with Crippen LogP contribution in [-0.4, -0.2) is 27.8 Å². The monoisotopic (exact) mass is 315 g/mol. The molecule has 1 N–H and O–H groups in total. The van der Waals surface area contributed by atoms with E-state index in [2.05, 4.69) is 39.1 Å². The summed E-state index contributed by atoms with van der Waals surface area (Å²) in [4.78, 5) is 15.8. The summed E-state index contributed by atoms with van der Waals surface area (Å²) in [6.07, 6.45) is 5.00. The lowest BCUT2D eigenvalue weighted by Gasteiger charge is -2.19. The van der Waals surface area contributed by atoms with Gasteiger partial charge in [0.1, 0.15) is 5.60 Å². The summed E-state index contributed by atoms with van der Waals surface area (Å²) in [5.74, 6) is 0. The van der Waals surface area contributed by atoms with Crippen molar-refractivity contribution >= 4 is 6.09 Å². The number of aryl methyl sites for hydroxylation is 2. The first-order valence-electron chi connectivity index (χ1n) is 7.94. The molecule has 5 nitrogen and oxygen atoms in total. The van der Waals surface area contributed by atoms with Crippen molar-refractivity contribution in [1.82, 2.24) is 14.9 Å². The van der Waals surface area contributed by atoms with Crippen molar-refractivity contribution in [3.05, 3.63) is 54.1 Å². The van der Waals surface area contributed by atoms with E-state index in [4.69, 9.17) is 4.74 Å². The number of rotatable bonds is 6. The highest BCUT2D eigenvalue weighted by molar-refractivity contribution is 5.67. The molecule has 0 aliphatic carbocycles. The van der Waals surface area contributed by atoms with E-state index < -0.39 is 5.60 Å². The average Bonchev–Trinajstić information content (AvgIpc) is 2.92. The van der Waals surface area contributed by atoms with Crippen molar-refractivity contribution < 1.29 is 9.53 Å². The molecule has 1 amide bonds. The Labute approximate surface area is 137 Å². The molecule has 0 atom stereocenters. The first-order chi connectivity index (χ1) is 10.9. The van der Waals surface area contributed by atoms with Crippen LogP contribution in [0.25, 0.3) is 0 Å². The maximum absolute atomic E-state index is 11.6. The molecule has 0 saturated heterocycles. The van der Waals surface area contributed by atoms with Gasteiger partial charge in [-0.2, -0.15) is 0 Å². The Morgan fingerprint density at radius 3 is 2.65 bits per heavy atom. The fourth-order valence-corrected chi connectivity index (χ4v) is 2.26. The number of nitrogens with zero attached hydrogens (tertiary/aromatic N) is 2. The lowest BCUT2D eigenvalue weighted by molar-refractivity contribution is 0.0528. The number of hydrogen-bond acceptors (Lipinski definition) is 3. The number of ether oxygens (including phenoxy) is 1. The SMILES string of the molecule is CC(C)(C)OC(=O)NCCc1cncn1CCc1ccccc1. The third-order valence-electron chi connectivity index (χ3n) is 3.33. The minimum Gasteiger partial charge on any atom is -0.444 e. The van der Waals surface area contributed by atoms with E-state index in [1.165, 1.54) is 5.56 Å². The molecule has 0 bridgehead atoms. The molecule has 1 aromatic heterocycles. The Bertz CT molecular complexity index is 615.